The van der Waals surface area contributed by atoms with E-state index in [1.807, 2.05) is 26.2 Å². The van der Waals surface area contributed by atoms with Gasteiger partial charge >= 0.3 is 0 Å². The molecule has 0 amide bonds. The van der Waals surface area contributed by atoms with Crippen LogP contribution in [0.25, 0.3) is 0 Å². The first-order chi connectivity index (χ1) is 11.4. The highest BCUT2D eigenvalue weighted by atomic mass is 32.2. The molecule has 0 radical (unpaired) electrons. The number of hydrogen-bond acceptors (Lipinski definition) is 5. The summed E-state index contributed by atoms with van der Waals surface area (Å²) in [6.07, 6.45) is 8.05. The van der Waals surface area contributed by atoms with Crippen molar-refractivity contribution < 1.29 is 8.42 Å². The van der Waals surface area contributed by atoms with E-state index in [1.54, 1.807) is 34.5 Å². The van der Waals surface area contributed by atoms with E-state index < -0.39 is 10.0 Å². The third kappa shape index (κ3) is 3.22. The van der Waals surface area contributed by atoms with E-state index in [9.17, 15) is 8.42 Å². The van der Waals surface area contributed by atoms with Gasteiger partial charge in [-0.2, -0.15) is 4.31 Å². The van der Waals surface area contributed by atoms with Gasteiger partial charge < -0.3 is 9.47 Å². The van der Waals surface area contributed by atoms with Crippen molar-refractivity contribution in [1.29, 1.82) is 0 Å². The van der Waals surface area contributed by atoms with Crippen LogP contribution >= 0.6 is 0 Å². The van der Waals surface area contributed by atoms with Gasteiger partial charge in [-0.05, 0) is 38.6 Å². The third-order valence-electron chi connectivity index (χ3n) is 4.54. The monoisotopic (exact) mass is 349 g/mol. The van der Waals surface area contributed by atoms with Crippen molar-refractivity contribution in [3.63, 3.8) is 0 Å². The Morgan fingerprint density at radius 3 is 2.75 bits per heavy atom. The largest absolute Gasteiger partial charge is 0.339 e. The molecule has 1 aliphatic heterocycles. The van der Waals surface area contributed by atoms with E-state index >= 15 is 0 Å². The van der Waals surface area contributed by atoms with Gasteiger partial charge in [0.25, 0.3) is 10.0 Å². The number of aryl methyl sites for hydroxylation is 1. The fourth-order valence-electron chi connectivity index (χ4n) is 3.35. The molecule has 1 fully saturated rings. The minimum Gasteiger partial charge on any atom is -0.339 e. The summed E-state index contributed by atoms with van der Waals surface area (Å²) in [7, 11) is 2.17. The first-order valence-electron chi connectivity index (χ1n) is 7.94. The first-order valence-corrected chi connectivity index (χ1v) is 9.39. The Balaban J connectivity index is 1.93. The van der Waals surface area contributed by atoms with Crippen LogP contribution in [0.3, 0.4) is 0 Å². The van der Waals surface area contributed by atoms with E-state index in [-0.39, 0.29) is 17.1 Å². The summed E-state index contributed by atoms with van der Waals surface area (Å²) < 4.78 is 29.3. The third-order valence-corrected chi connectivity index (χ3v) is 6.35. The minimum atomic E-state index is -3.60. The smallest absolute Gasteiger partial charge is 0.262 e. The van der Waals surface area contributed by atoms with E-state index in [0.717, 1.165) is 12.0 Å². The van der Waals surface area contributed by atoms with Crippen LogP contribution in [0, 0.1) is 0 Å². The van der Waals surface area contributed by atoms with Crippen LogP contribution in [0.15, 0.2) is 42.1 Å². The second kappa shape index (κ2) is 6.62. The lowest BCUT2D eigenvalue weighted by atomic mass is 10.0. The van der Waals surface area contributed by atoms with Crippen LogP contribution in [0.2, 0.25) is 0 Å². The highest BCUT2D eigenvalue weighted by Crippen LogP contribution is 2.30. The number of rotatable bonds is 5. The summed E-state index contributed by atoms with van der Waals surface area (Å²) in [5.74, 6) is 0. The Bertz CT molecular complexity index is 788. The molecular formula is C16H23N5O2S. The number of likely N-dealkylation sites (N-methyl/N-ethyl adjacent to an activating group) is 1. The zero-order valence-corrected chi connectivity index (χ0v) is 15.0. The number of sulfonamides is 1. The fraction of sp³-hybridized carbons (Fsp3) is 0.500. The van der Waals surface area contributed by atoms with Crippen molar-refractivity contribution >= 4 is 10.0 Å². The number of pyridine rings is 1. The fourth-order valence-corrected chi connectivity index (χ4v) is 4.99. The SMILES string of the molecule is CN(C)[C@@H]1CCN(S(=O)(=O)c2cn(C)cn2)[C@H]1Cc1cccnc1. The van der Waals surface area contributed by atoms with Crippen molar-refractivity contribution in [1.82, 2.24) is 23.7 Å². The Morgan fingerprint density at radius 1 is 1.38 bits per heavy atom. The molecule has 0 bridgehead atoms. The van der Waals surface area contributed by atoms with Crippen LogP contribution in [-0.4, -0.2) is 64.9 Å². The van der Waals surface area contributed by atoms with Gasteiger partial charge in [-0.15, -0.1) is 0 Å². The number of nitrogens with zero attached hydrogens (tertiary/aromatic N) is 5. The molecule has 0 aliphatic carbocycles. The van der Waals surface area contributed by atoms with Crippen LogP contribution in [0.5, 0.6) is 0 Å². The average molecular weight is 349 g/mol. The molecule has 24 heavy (non-hydrogen) atoms. The maximum Gasteiger partial charge on any atom is 0.262 e. The summed E-state index contributed by atoms with van der Waals surface area (Å²) in [5, 5.41) is 0.112. The second-order valence-electron chi connectivity index (χ2n) is 6.45. The van der Waals surface area contributed by atoms with Gasteiger partial charge in [0.15, 0.2) is 5.03 Å². The van der Waals surface area contributed by atoms with Gasteiger partial charge in [-0.3, -0.25) is 4.98 Å². The minimum absolute atomic E-state index is 0.112. The molecule has 7 nitrogen and oxygen atoms in total. The Hall–Kier alpha value is -1.77. The van der Waals surface area contributed by atoms with Crippen LogP contribution < -0.4 is 0 Å². The van der Waals surface area contributed by atoms with Crippen molar-refractivity contribution in [2.75, 3.05) is 20.6 Å². The maximum atomic E-state index is 13.0. The van der Waals surface area contributed by atoms with Gasteiger partial charge in [-0.1, -0.05) is 6.07 Å². The molecule has 3 rings (SSSR count). The van der Waals surface area contributed by atoms with Gasteiger partial charge in [0.2, 0.25) is 0 Å². The highest BCUT2D eigenvalue weighted by Gasteiger charge is 2.43. The Labute approximate surface area is 143 Å². The number of aromatic nitrogens is 3. The molecule has 0 N–H and O–H groups in total. The molecule has 0 saturated carbocycles. The van der Waals surface area contributed by atoms with Crippen molar-refractivity contribution in [3.05, 3.63) is 42.6 Å². The number of hydrogen-bond donors (Lipinski definition) is 0. The lowest BCUT2D eigenvalue weighted by Gasteiger charge is -2.30. The molecule has 2 aromatic heterocycles. The standard InChI is InChI=1S/C16H23N5O2S/c1-19(2)14-6-8-21(15(14)9-13-5-4-7-17-10-13)24(22,23)16-11-20(3)12-18-16/h4-5,7,10-12,14-15H,6,8-9H2,1-3H3/t14-,15+/m1/s1. The number of imidazole rings is 1. The Morgan fingerprint density at radius 2 is 2.17 bits per heavy atom. The van der Waals surface area contributed by atoms with Crippen LogP contribution in [0.1, 0.15) is 12.0 Å². The molecule has 1 aliphatic rings. The zero-order valence-electron chi connectivity index (χ0n) is 14.2. The van der Waals surface area contributed by atoms with Crippen LogP contribution in [0.4, 0.5) is 0 Å². The van der Waals surface area contributed by atoms with Gasteiger partial charge in [0.05, 0.1) is 6.33 Å². The predicted molar refractivity (Wildman–Crippen MR) is 90.9 cm³/mol. The normalized spacial score (nSPS) is 22.3. The van der Waals surface area contributed by atoms with Gasteiger partial charge in [-0.25, -0.2) is 13.4 Å². The predicted octanol–water partition coefficient (Wildman–Crippen LogP) is 0.751. The molecule has 0 aromatic carbocycles. The lowest BCUT2D eigenvalue weighted by Crippen LogP contribution is -2.45. The van der Waals surface area contributed by atoms with Gasteiger partial charge in [0.1, 0.15) is 0 Å². The molecule has 130 valence electrons. The molecule has 0 spiro atoms. The molecule has 2 aromatic rings. The van der Waals surface area contributed by atoms with Crippen molar-refractivity contribution in [2.45, 2.75) is 30.0 Å². The highest BCUT2D eigenvalue weighted by molar-refractivity contribution is 7.89. The molecule has 1 saturated heterocycles. The summed E-state index contributed by atoms with van der Waals surface area (Å²) in [4.78, 5) is 10.3. The maximum absolute atomic E-state index is 13.0. The van der Waals surface area contributed by atoms with Crippen LogP contribution in [-0.2, 0) is 23.5 Å². The average Bonchev–Trinajstić information content (AvgIpc) is 3.15. The van der Waals surface area contributed by atoms with Gasteiger partial charge in [0, 0.05) is 44.3 Å². The molecular weight excluding hydrogens is 326 g/mol. The quantitative estimate of drug-likeness (QED) is 0.797. The Kier molecular flexibility index (Phi) is 4.71. The molecule has 8 heteroatoms. The van der Waals surface area contributed by atoms with E-state index in [2.05, 4.69) is 14.9 Å². The second-order valence-corrected chi connectivity index (χ2v) is 8.28. The van der Waals surface area contributed by atoms with Crippen molar-refractivity contribution in [3.8, 4) is 0 Å². The molecule has 0 unspecified atom stereocenters. The van der Waals surface area contributed by atoms with Crippen molar-refractivity contribution in [2.24, 2.45) is 7.05 Å². The van der Waals surface area contributed by atoms with E-state index in [1.165, 1.54) is 6.33 Å². The summed E-state index contributed by atoms with van der Waals surface area (Å²) in [5.41, 5.74) is 1.04. The first kappa shape index (κ1) is 17.1. The molecule has 3 heterocycles. The summed E-state index contributed by atoms with van der Waals surface area (Å²) >= 11 is 0. The lowest BCUT2D eigenvalue weighted by molar-refractivity contribution is 0.237. The summed E-state index contributed by atoms with van der Waals surface area (Å²) in [6, 6.07) is 3.91. The molecule has 2 atom stereocenters. The zero-order chi connectivity index (χ0) is 17.3. The van der Waals surface area contributed by atoms with E-state index in [4.69, 9.17) is 0 Å². The van der Waals surface area contributed by atoms with E-state index in [0.29, 0.717) is 13.0 Å². The summed E-state index contributed by atoms with van der Waals surface area (Å²) in [6.45, 7) is 0.507. The topological polar surface area (TPSA) is 71.3 Å².